The quantitative estimate of drug-likeness (QED) is 0.941. The van der Waals surface area contributed by atoms with Crippen molar-refractivity contribution in [2.24, 2.45) is 5.92 Å². The van der Waals surface area contributed by atoms with Gasteiger partial charge in [-0.25, -0.2) is 5.10 Å². The van der Waals surface area contributed by atoms with Crippen molar-refractivity contribution in [1.29, 1.82) is 0 Å². The fourth-order valence-corrected chi connectivity index (χ4v) is 3.28. The number of anilines is 1. The molecule has 0 unspecified atom stereocenters. The molecule has 0 saturated carbocycles. The number of nitrogens with zero attached hydrogens (tertiary/aromatic N) is 2. The summed E-state index contributed by atoms with van der Waals surface area (Å²) in [5.41, 5.74) is 1.85. The van der Waals surface area contributed by atoms with Crippen molar-refractivity contribution in [3.8, 4) is 0 Å². The zero-order valence-electron chi connectivity index (χ0n) is 12.5. The molecule has 1 aliphatic rings. The van der Waals surface area contributed by atoms with Gasteiger partial charge in [0.15, 0.2) is 0 Å². The Labute approximate surface area is 135 Å². The van der Waals surface area contributed by atoms with Crippen LogP contribution in [0.1, 0.15) is 24.8 Å². The number of benzene rings is 1. The van der Waals surface area contributed by atoms with Crippen LogP contribution in [0.5, 0.6) is 0 Å². The fourth-order valence-electron chi connectivity index (χ4n) is 3.07. The number of halogens is 1. The van der Waals surface area contributed by atoms with E-state index in [1.54, 1.807) is 6.20 Å². The molecule has 1 aliphatic heterocycles. The molecule has 1 aromatic heterocycles. The minimum absolute atomic E-state index is 0.248. The molecule has 0 bridgehead atoms. The Morgan fingerprint density at radius 1 is 1.23 bits per heavy atom. The van der Waals surface area contributed by atoms with Gasteiger partial charge in [-0.1, -0.05) is 41.9 Å². The SMILES string of the molecule is O=c1[nH]ncc(N2CCC(CCc3ccccc3)CC2)c1Cl. The van der Waals surface area contributed by atoms with Crippen LogP contribution < -0.4 is 10.5 Å². The Morgan fingerprint density at radius 3 is 2.68 bits per heavy atom. The highest BCUT2D eigenvalue weighted by Gasteiger charge is 2.21. The lowest BCUT2D eigenvalue weighted by atomic mass is 9.90. The second-order valence-electron chi connectivity index (χ2n) is 5.85. The van der Waals surface area contributed by atoms with Gasteiger partial charge in [0.25, 0.3) is 5.56 Å². The van der Waals surface area contributed by atoms with Crippen LogP contribution in [0.2, 0.25) is 5.02 Å². The number of aryl methyl sites for hydroxylation is 1. The molecule has 5 heteroatoms. The molecule has 2 aromatic rings. The summed E-state index contributed by atoms with van der Waals surface area (Å²) in [4.78, 5) is 13.7. The van der Waals surface area contributed by atoms with Gasteiger partial charge in [0.1, 0.15) is 5.02 Å². The highest BCUT2D eigenvalue weighted by Crippen LogP contribution is 2.28. The van der Waals surface area contributed by atoms with Crippen LogP contribution in [0, 0.1) is 5.92 Å². The first kappa shape index (κ1) is 15.1. The number of nitrogens with one attached hydrogen (secondary N) is 1. The second kappa shape index (κ2) is 6.97. The number of aromatic amines is 1. The molecule has 4 nitrogen and oxygen atoms in total. The van der Waals surface area contributed by atoms with E-state index in [1.807, 2.05) is 0 Å². The van der Waals surface area contributed by atoms with Crippen LogP contribution in [0.25, 0.3) is 0 Å². The van der Waals surface area contributed by atoms with Crippen molar-refractivity contribution >= 4 is 17.3 Å². The van der Waals surface area contributed by atoms with E-state index in [2.05, 4.69) is 45.4 Å². The number of piperidine rings is 1. The molecular formula is C17H20ClN3O. The van der Waals surface area contributed by atoms with Gasteiger partial charge in [-0.2, -0.15) is 5.10 Å². The molecule has 0 amide bonds. The third-order valence-corrected chi connectivity index (χ3v) is 4.78. The van der Waals surface area contributed by atoms with Crippen LogP contribution in [0.4, 0.5) is 5.69 Å². The van der Waals surface area contributed by atoms with Gasteiger partial charge in [-0.05, 0) is 37.2 Å². The minimum atomic E-state index is -0.314. The van der Waals surface area contributed by atoms with Crippen molar-refractivity contribution in [2.45, 2.75) is 25.7 Å². The molecule has 0 atom stereocenters. The smallest absolute Gasteiger partial charge is 0.285 e. The van der Waals surface area contributed by atoms with Gasteiger partial charge in [-0.15, -0.1) is 0 Å². The fraction of sp³-hybridized carbons (Fsp3) is 0.412. The lowest BCUT2D eigenvalue weighted by molar-refractivity contribution is 0.381. The molecule has 0 aliphatic carbocycles. The Morgan fingerprint density at radius 2 is 1.95 bits per heavy atom. The van der Waals surface area contributed by atoms with E-state index in [4.69, 9.17) is 11.6 Å². The maximum atomic E-state index is 11.5. The minimum Gasteiger partial charge on any atom is -0.369 e. The topological polar surface area (TPSA) is 49.0 Å². The summed E-state index contributed by atoms with van der Waals surface area (Å²) < 4.78 is 0. The first-order chi connectivity index (χ1) is 10.7. The highest BCUT2D eigenvalue weighted by molar-refractivity contribution is 6.32. The Bertz CT molecular complexity index is 663. The van der Waals surface area contributed by atoms with E-state index in [0.717, 1.165) is 44.0 Å². The molecule has 1 saturated heterocycles. The average molecular weight is 318 g/mol. The van der Waals surface area contributed by atoms with Gasteiger partial charge in [-0.3, -0.25) is 4.79 Å². The predicted octanol–water partition coefficient (Wildman–Crippen LogP) is 3.27. The zero-order chi connectivity index (χ0) is 15.4. The molecule has 116 valence electrons. The summed E-state index contributed by atoms with van der Waals surface area (Å²) in [5.74, 6) is 0.741. The zero-order valence-corrected chi connectivity index (χ0v) is 13.2. The number of rotatable bonds is 4. The molecule has 0 radical (unpaired) electrons. The van der Waals surface area contributed by atoms with Crippen LogP contribution in [-0.2, 0) is 6.42 Å². The summed E-state index contributed by atoms with van der Waals surface area (Å²) in [6.07, 6.45) is 6.28. The van der Waals surface area contributed by atoms with E-state index in [1.165, 1.54) is 12.0 Å². The maximum Gasteiger partial charge on any atom is 0.285 e. The standard InChI is InChI=1S/C17H20ClN3O/c18-16-15(12-19-20-17(16)22)21-10-8-14(9-11-21)7-6-13-4-2-1-3-5-13/h1-5,12,14H,6-11H2,(H,20,22). The maximum absolute atomic E-state index is 11.5. The Balaban J connectivity index is 1.54. The number of aromatic nitrogens is 2. The largest absolute Gasteiger partial charge is 0.369 e. The summed E-state index contributed by atoms with van der Waals surface area (Å²) >= 11 is 6.08. The van der Waals surface area contributed by atoms with E-state index >= 15 is 0 Å². The van der Waals surface area contributed by atoms with Crippen molar-refractivity contribution in [3.05, 3.63) is 57.5 Å². The van der Waals surface area contributed by atoms with E-state index in [-0.39, 0.29) is 10.6 Å². The molecule has 3 rings (SSSR count). The van der Waals surface area contributed by atoms with Gasteiger partial charge in [0.05, 0.1) is 11.9 Å². The highest BCUT2D eigenvalue weighted by atomic mass is 35.5. The first-order valence-electron chi connectivity index (χ1n) is 7.76. The van der Waals surface area contributed by atoms with Gasteiger partial charge < -0.3 is 4.90 Å². The first-order valence-corrected chi connectivity index (χ1v) is 8.14. The third kappa shape index (κ3) is 3.50. The summed E-state index contributed by atoms with van der Waals surface area (Å²) in [7, 11) is 0. The molecule has 2 heterocycles. The van der Waals surface area contributed by atoms with Crippen LogP contribution in [0.15, 0.2) is 41.3 Å². The van der Waals surface area contributed by atoms with Crippen molar-refractivity contribution in [3.63, 3.8) is 0 Å². The molecule has 1 N–H and O–H groups in total. The second-order valence-corrected chi connectivity index (χ2v) is 6.23. The molecular weight excluding hydrogens is 298 g/mol. The molecule has 1 aromatic carbocycles. The van der Waals surface area contributed by atoms with E-state index in [0.29, 0.717) is 0 Å². The van der Waals surface area contributed by atoms with Crippen molar-refractivity contribution < 1.29 is 0 Å². The number of hydrogen-bond donors (Lipinski definition) is 1. The molecule has 1 fully saturated rings. The van der Waals surface area contributed by atoms with Crippen LogP contribution >= 0.6 is 11.6 Å². The number of H-pyrrole nitrogens is 1. The van der Waals surface area contributed by atoms with E-state index < -0.39 is 0 Å². The third-order valence-electron chi connectivity index (χ3n) is 4.42. The lowest BCUT2D eigenvalue weighted by Crippen LogP contribution is -2.35. The van der Waals surface area contributed by atoms with Crippen LogP contribution in [0.3, 0.4) is 0 Å². The van der Waals surface area contributed by atoms with Crippen molar-refractivity contribution in [1.82, 2.24) is 10.2 Å². The normalized spacial score (nSPS) is 16.0. The molecule has 22 heavy (non-hydrogen) atoms. The predicted molar refractivity (Wildman–Crippen MR) is 89.6 cm³/mol. The summed E-state index contributed by atoms with van der Waals surface area (Å²) in [6.45, 7) is 1.87. The van der Waals surface area contributed by atoms with E-state index in [9.17, 15) is 4.79 Å². The van der Waals surface area contributed by atoms with Gasteiger partial charge in [0, 0.05) is 13.1 Å². The Hall–Kier alpha value is -1.81. The molecule has 0 spiro atoms. The average Bonchev–Trinajstić information content (AvgIpc) is 2.57. The van der Waals surface area contributed by atoms with Crippen molar-refractivity contribution in [2.75, 3.05) is 18.0 Å². The lowest BCUT2D eigenvalue weighted by Gasteiger charge is -2.33. The van der Waals surface area contributed by atoms with Gasteiger partial charge >= 0.3 is 0 Å². The number of hydrogen-bond acceptors (Lipinski definition) is 3. The van der Waals surface area contributed by atoms with Gasteiger partial charge in [0.2, 0.25) is 0 Å². The van der Waals surface area contributed by atoms with Crippen LogP contribution in [-0.4, -0.2) is 23.3 Å². The summed E-state index contributed by atoms with van der Waals surface area (Å²) in [5, 5.41) is 6.46. The summed E-state index contributed by atoms with van der Waals surface area (Å²) in [6, 6.07) is 10.6. The Kier molecular flexibility index (Phi) is 4.78. The monoisotopic (exact) mass is 317 g/mol.